The highest BCUT2D eigenvalue weighted by atomic mass is 16.5. The minimum absolute atomic E-state index is 0.0744. The largest absolute Gasteiger partial charge is 0.470 e. The molecule has 28 heavy (non-hydrogen) atoms. The number of hydrogen-bond donors (Lipinski definition) is 0. The Hall–Kier alpha value is -3.16. The summed E-state index contributed by atoms with van der Waals surface area (Å²) >= 11 is 0. The van der Waals surface area contributed by atoms with Gasteiger partial charge in [-0.05, 0) is 37.1 Å². The Labute approximate surface area is 164 Å². The molecule has 0 saturated carbocycles. The molecule has 2 aromatic rings. The molecule has 1 atom stereocenters. The molecule has 2 heterocycles. The monoisotopic (exact) mass is 384 g/mol. The lowest BCUT2D eigenvalue weighted by Crippen LogP contribution is -2.44. The van der Waals surface area contributed by atoms with E-state index in [2.05, 4.69) is 9.97 Å². The minimum Gasteiger partial charge on any atom is -0.470 e. The third kappa shape index (κ3) is 4.76. The van der Waals surface area contributed by atoms with Gasteiger partial charge in [0.15, 0.2) is 5.82 Å². The zero-order chi connectivity index (χ0) is 20.1. The average molecular weight is 384 g/mol. The number of ether oxygens (including phenoxy) is 2. The van der Waals surface area contributed by atoms with Crippen molar-refractivity contribution in [1.82, 2.24) is 14.9 Å². The Morgan fingerprint density at radius 1 is 1.14 bits per heavy atom. The van der Waals surface area contributed by atoms with Crippen molar-refractivity contribution in [2.75, 3.05) is 32.1 Å². The number of aromatic nitrogens is 2. The van der Waals surface area contributed by atoms with E-state index >= 15 is 0 Å². The number of hydrogen-bond acceptors (Lipinski definition) is 7. The van der Waals surface area contributed by atoms with Gasteiger partial charge in [-0.3, -0.25) is 9.59 Å². The lowest BCUT2D eigenvalue weighted by atomic mass is 10.1. The second-order valence-electron chi connectivity index (χ2n) is 6.83. The molecule has 1 aliphatic heterocycles. The van der Waals surface area contributed by atoms with E-state index in [-0.39, 0.29) is 12.0 Å². The third-order valence-electron chi connectivity index (χ3n) is 4.38. The zero-order valence-corrected chi connectivity index (χ0v) is 16.3. The predicted octanol–water partition coefficient (Wildman–Crippen LogP) is 2.15. The van der Waals surface area contributed by atoms with Crippen molar-refractivity contribution >= 4 is 17.7 Å². The van der Waals surface area contributed by atoms with Crippen molar-refractivity contribution in [2.24, 2.45) is 0 Å². The zero-order valence-electron chi connectivity index (χ0n) is 16.3. The van der Waals surface area contributed by atoms with Crippen molar-refractivity contribution < 1.29 is 19.1 Å². The van der Waals surface area contributed by atoms with Crippen LogP contribution in [-0.4, -0.2) is 60.0 Å². The molecule has 0 bridgehead atoms. The molecular weight excluding hydrogens is 360 g/mol. The van der Waals surface area contributed by atoms with E-state index in [0.29, 0.717) is 36.1 Å². The number of nitrogens with zero attached hydrogens (tertiary/aromatic N) is 4. The van der Waals surface area contributed by atoms with Gasteiger partial charge in [0.2, 0.25) is 0 Å². The van der Waals surface area contributed by atoms with Gasteiger partial charge in [-0.1, -0.05) is 0 Å². The predicted molar refractivity (Wildman–Crippen MR) is 104 cm³/mol. The maximum absolute atomic E-state index is 12.8. The molecule has 1 amide bonds. The van der Waals surface area contributed by atoms with E-state index in [4.69, 9.17) is 9.47 Å². The number of esters is 1. The first-order valence-corrected chi connectivity index (χ1v) is 9.17. The molecule has 0 N–H and O–H groups in total. The van der Waals surface area contributed by atoms with Crippen molar-refractivity contribution in [3.8, 4) is 11.6 Å². The SMILES string of the molecule is CC(=O)Oc1ccc(C(=O)N2CCCC(Oc3nccnc3N(C)C)C2)cc1. The van der Waals surface area contributed by atoms with Crippen LogP contribution in [-0.2, 0) is 4.79 Å². The first-order valence-electron chi connectivity index (χ1n) is 9.17. The summed E-state index contributed by atoms with van der Waals surface area (Å²) < 4.78 is 11.1. The lowest BCUT2D eigenvalue weighted by Gasteiger charge is -2.33. The second kappa shape index (κ2) is 8.69. The molecule has 1 aliphatic rings. The minimum atomic E-state index is -0.392. The van der Waals surface area contributed by atoms with Crippen molar-refractivity contribution in [2.45, 2.75) is 25.9 Å². The molecule has 1 saturated heterocycles. The van der Waals surface area contributed by atoms with Crippen LogP contribution in [0.1, 0.15) is 30.1 Å². The van der Waals surface area contributed by atoms with E-state index in [1.54, 1.807) is 41.6 Å². The van der Waals surface area contributed by atoms with Gasteiger partial charge in [0, 0.05) is 45.5 Å². The summed E-state index contributed by atoms with van der Waals surface area (Å²) in [6.07, 6.45) is 4.77. The fourth-order valence-corrected chi connectivity index (χ4v) is 3.10. The molecule has 3 rings (SSSR count). The Kier molecular flexibility index (Phi) is 6.08. The van der Waals surface area contributed by atoms with Crippen LogP contribution < -0.4 is 14.4 Å². The third-order valence-corrected chi connectivity index (χ3v) is 4.38. The fraction of sp³-hybridized carbons (Fsp3) is 0.400. The quantitative estimate of drug-likeness (QED) is 0.577. The summed E-state index contributed by atoms with van der Waals surface area (Å²) in [5.74, 6) is 1.08. The summed E-state index contributed by atoms with van der Waals surface area (Å²) in [7, 11) is 3.76. The molecule has 8 heteroatoms. The van der Waals surface area contributed by atoms with Crippen LogP contribution in [0.3, 0.4) is 0 Å². The van der Waals surface area contributed by atoms with E-state index < -0.39 is 5.97 Å². The molecule has 1 aromatic heterocycles. The number of rotatable bonds is 5. The number of piperidine rings is 1. The summed E-state index contributed by atoms with van der Waals surface area (Å²) in [6, 6.07) is 6.57. The van der Waals surface area contributed by atoms with Crippen LogP contribution in [0.4, 0.5) is 5.82 Å². The fourth-order valence-electron chi connectivity index (χ4n) is 3.10. The highest BCUT2D eigenvalue weighted by molar-refractivity contribution is 5.94. The Morgan fingerprint density at radius 2 is 1.86 bits per heavy atom. The van der Waals surface area contributed by atoms with Crippen LogP contribution in [0.15, 0.2) is 36.7 Å². The van der Waals surface area contributed by atoms with E-state index in [0.717, 1.165) is 12.8 Å². The van der Waals surface area contributed by atoms with Gasteiger partial charge in [0.1, 0.15) is 11.9 Å². The van der Waals surface area contributed by atoms with Gasteiger partial charge in [-0.15, -0.1) is 0 Å². The highest BCUT2D eigenvalue weighted by Crippen LogP contribution is 2.25. The summed E-state index contributed by atoms with van der Waals surface area (Å²) in [6.45, 7) is 2.49. The Bertz CT molecular complexity index is 838. The van der Waals surface area contributed by atoms with Crippen LogP contribution in [0.5, 0.6) is 11.6 Å². The lowest BCUT2D eigenvalue weighted by molar-refractivity contribution is -0.131. The van der Waals surface area contributed by atoms with E-state index in [9.17, 15) is 9.59 Å². The second-order valence-corrected chi connectivity index (χ2v) is 6.83. The Morgan fingerprint density at radius 3 is 2.54 bits per heavy atom. The first kappa shape index (κ1) is 19.6. The van der Waals surface area contributed by atoms with Crippen molar-refractivity contribution in [3.63, 3.8) is 0 Å². The van der Waals surface area contributed by atoms with Crippen LogP contribution in [0.25, 0.3) is 0 Å². The molecule has 1 fully saturated rings. The summed E-state index contributed by atoms with van der Waals surface area (Å²) in [4.78, 5) is 36.0. The molecular formula is C20H24N4O4. The number of carbonyl (C=O) groups is 2. The van der Waals surface area contributed by atoms with Gasteiger partial charge in [0.05, 0.1) is 6.54 Å². The highest BCUT2D eigenvalue weighted by Gasteiger charge is 2.27. The van der Waals surface area contributed by atoms with Crippen LogP contribution in [0, 0.1) is 0 Å². The van der Waals surface area contributed by atoms with Crippen molar-refractivity contribution in [1.29, 1.82) is 0 Å². The van der Waals surface area contributed by atoms with Crippen LogP contribution in [0.2, 0.25) is 0 Å². The molecule has 1 unspecified atom stereocenters. The molecule has 148 valence electrons. The van der Waals surface area contributed by atoms with Crippen LogP contribution >= 0.6 is 0 Å². The maximum atomic E-state index is 12.8. The standard InChI is InChI=1S/C20H24N4O4/c1-14(25)27-16-8-6-15(7-9-16)20(26)24-12-4-5-17(13-24)28-19-18(23(2)3)21-10-11-22-19/h6-11,17H,4-5,12-13H2,1-3H3. The molecule has 1 aromatic carbocycles. The molecule has 8 nitrogen and oxygen atoms in total. The molecule has 0 spiro atoms. The van der Waals surface area contributed by atoms with Gasteiger partial charge in [0.25, 0.3) is 11.8 Å². The normalized spacial score (nSPS) is 16.4. The van der Waals surface area contributed by atoms with Gasteiger partial charge >= 0.3 is 5.97 Å². The summed E-state index contributed by atoms with van der Waals surface area (Å²) in [5, 5.41) is 0. The molecule has 0 aliphatic carbocycles. The number of carbonyl (C=O) groups excluding carboxylic acids is 2. The number of amides is 1. The topological polar surface area (TPSA) is 84.9 Å². The smallest absolute Gasteiger partial charge is 0.308 e. The van der Waals surface area contributed by atoms with E-state index in [1.807, 2.05) is 19.0 Å². The Balaban J connectivity index is 1.66. The van der Waals surface area contributed by atoms with E-state index in [1.165, 1.54) is 6.92 Å². The number of anilines is 1. The summed E-state index contributed by atoms with van der Waals surface area (Å²) in [5.41, 5.74) is 0.546. The van der Waals surface area contributed by atoms with Gasteiger partial charge < -0.3 is 19.3 Å². The first-order chi connectivity index (χ1) is 13.4. The maximum Gasteiger partial charge on any atom is 0.308 e. The van der Waals surface area contributed by atoms with Crippen molar-refractivity contribution in [3.05, 3.63) is 42.2 Å². The van der Waals surface area contributed by atoms with Gasteiger partial charge in [-0.2, -0.15) is 0 Å². The number of likely N-dealkylation sites (tertiary alicyclic amines) is 1. The number of benzene rings is 1. The van der Waals surface area contributed by atoms with Gasteiger partial charge in [-0.25, -0.2) is 9.97 Å². The average Bonchev–Trinajstić information content (AvgIpc) is 2.68. The molecule has 0 radical (unpaired) electrons.